The highest BCUT2D eigenvalue weighted by Crippen LogP contribution is 2.21. The van der Waals surface area contributed by atoms with E-state index in [9.17, 15) is 9.50 Å². The normalized spacial score (nSPS) is 23.1. The lowest BCUT2D eigenvalue weighted by molar-refractivity contribution is 0.116. The topological polar surface area (TPSA) is 45.1 Å². The number of aliphatic hydroxyl groups is 1. The summed E-state index contributed by atoms with van der Waals surface area (Å²) in [6.07, 6.45) is 5.23. The predicted octanol–water partition coefficient (Wildman–Crippen LogP) is 2.77. The number of aromatic nitrogens is 1. The molecule has 0 unspecified atom stereocenters. The average Bonchev–Trinajstić information content (AvgIpc) is 2.46. The number of hydrogen-bond acceptors (Lipinski definition) is 3. The Morgan fingerprint density at radius 3 is 2.85 bits per heavy atom. The molecular formula is C16H19FN2O. The highest BCUT2D eigenvalue weighted by molar-refractivity contribution is 5.81. The Hall–Kier alpha value is -1.52. The van der Waals surface area contributed by atoms with E-state index >= 15 is 0 Å². The smallest absolute Gasteiger partial charge is 0.124 e. The van der Waals surface area contributed by atoms with Gasteiger partial charge in [0.25, 0.3) is 0 Å². The van der Waals surface area contributed by atoms with E-state index in [4.69, 9.17) is 0 Å². The van der Waals surface area contributed by atoms with Crippen LogP contribution in [0.3, 0.4) is 0 Å². The van der Waals surface area contributed by atoms with E-state index in [2.05, 4.69) is 10.3 Å². The van der Waals surface area contributed by atoms with Gasteiger partial charge < -0.3 is 10.4 Å². The van der Waals surface area contributed by atoms with Gasteiger partial charge in [0.1, 0.15) is 5.82 Å². The summed E-state index contributed by atoms with van der Waals surface area (Å²) in [7, 11) is 0. The molecule has 1 aromatic heterocycles. The molecule has 0 spiro atoms. The highest BCUT2D eigenvalue weighted by Gasteiger charge is 2.19. The molecule has 0 saturated heterocycles. The van der Waals surface area contributed by atoms with Gasteiger partial charge in [0.2, 0.25) is 0 Å². The molecule has 0 bridgehead atoms. The first-order valence-electron chi connectivity index (χ1n) is 7.17. The molecule has 0 radical (unpaired) electrons. The lowest BCUT2D eigenvalue weighted by atomic mass is 9.93. The van der Waals surface area contributed by atoms with E-state index in [1.165, 1.54) is 6.07 Å². The van der Waals surface area contributed by atoms with Crippen molar-refractivity contribution in [3.05, 3.63) is 41.8 Å². The van der Waals surface area contributed by atoms with Crippen LogP contribution in [0.25, 0.3) is 10.9 Å². The number of nitrogens with zero attached hydrogens (tertiary/aromatic N) is 1. The third-order valence-corrected chi connectivity index (χ3v) is 4.03. The third-order valence-electron chi connectivity index (χ3n) is 4.03. The van der Waals surface area contributed by atoms with Crippen molar-refractivity contribution in [2.45, 2.75) is 44.4 Å². The van der Waals surface area contributed by atoms with Gasteiger partial charge in [-0.25, -0.2) is 4.39 Å². The standard InChI is InChI=1S/C16H19FN2O/c17-13-8-11-2-1-7-18-16(11)12(9-13)10-19-14-3-5-15(20)6-4-14/h1-2,7-9,14-15,19-20H,3-6,10H2. The molecule has 3 nitrogen and oxygen atoms in total. The molecule has 1 saturated carbocycles. The average molecular weight is 274 g/mol. The largest absolute Gasteiger partial charge is 0.393 e. The molecule has 2 aromatic rings. The molecule has 1 aliphatic carbocycles. The van der Waals surface area contributed by atoms with Gasteiger partial charge >= 0.3 is 0 Å². The van der Waals surface area contributed by atoms with Crippen molar-refractivity contribution in [1.29, 1.82) is 0 Å². The summed E-state index contributed by atoms with van der Waals surface area (Å²) < 4.78 is 13.6. The molecule has 1 fully saturated rings. The zero-order chi connectivity index (χ0) is 13.9. The van der Waals surface area contributed by atoms with Gasteiger partial charge in [-0.3, -0.25) is 4.98 Å². The highest BCUT2D eigenvalue weighted by atomic mass is 19.1. The molecule has 1 aromatic carbocycles. The second-order valence-corrected chi connectivity index (χ2v) is 5.53. The van der Waals surface area contributed by atoms with E-state index in [0.29, 0.717) is 12.6 Å². The summed E-state index contributed by atoms with van der Waals surface area (Å²) in [6, 6.07) is 7.18. The molecule has 3 rings (SSSR count). The van der Waals surface area contributed by atoms with Gasteiger partial charge in [0.15, 0.2) is 0 Å². The zero-order valence-electron chi connectivity index (χ0n) is 11.3. The number of fused-ring (bicyclic) bond motifs is 1. The summed E-state index contributed by atoms with van der Waals surface area (Å²) >= 11 is 0. The maximum atomic E-state index is 13.6. The maximum Gasteiger partial charge on any atom is 0.124 e. The lowest BCUT2D eigenvalue weighted by Gasteiger charge is -2.26. The molecule has 0 amide bonds. The quantitative estimate of drug-likeness (QED) is 0.904. The van der Waals surface area contributed by atoms with Crippen LogP contribution < -0.4 is 5.32 Å². The fourth-order valence-electron chi connectivity index (χ4n) is 2.90. The van der Waals surface area contributed by atoms with Crippen molar-refractivity contribution in [2.24, 2.45) is 0 Å². The molecule has 0 atom stereocenters. The molecule has 1 aliphatic rings. The van der Waals surface area contributed by atoms with Crippen molar-refractivity contribution < 1.29 is 9.50 Å². The van der Waals surface area contributed by atoms with Crippen LogP contribution in [0.1, 0.15) is 31.2 Å². The molecule has 1 heterocycles. The number of benzene rings is 1. The molecular weight excluding hydrogens is 255 g/mol. The van der Waals surface area contributed by atoms with Crippen molar-refractivity contribution in [3.8, 4) is 0 Å². The Balaban J connectivity index is 1.74. The van der Waals surface area contributed by atoms with Crippen LogP contribution in [0, 0.1) is 5.82 Å². The number of hydrogen-bond donors (Lipinski definition) is 2. The van der Waals surface area contributed by atoms with Crippen LogP contribution in [0.2, 0.25) is 0 Å². The monoisotopic (exact) mass is 274 g/mol. The molecule has 4 heteroatoms. The van der Waals surface area contributed by atoms with E-state index in [1.807, 2.05) is 12.1 Å². The summed E-state index contributed by atoms with van der Waals surface area (Å²) in [6.45, 7) is 0.617. The summed E-state index contributed by atoms with van der Waals surface area (Å²) in [5, 5.41) is 13.8. The number of rotatable bonds is 3. The Kier molecular flexibility index (Phi) is 3.94. The summed E-state index contributed by atoms with van der Waals surface area (Å²) in [4.78, 5) is 4.35. The minimum Gasteiger partial charge on any atom is -0.393 e. The van der Waals surface area contributed by atoms with E-state index < -0.39 is 0 Å². The van der Waals surface area contributed by atoms with Crippen LogP contribution in [-0.2, 0) is 6.54 Å². The molecule has 2 N–H and O–H groups in total. The minimum atomic E-state index is -0.221. The number of pyridine rings is 1. The predicted molar refractivity (Wildman–Crippen MR) is 76.8 cm³/mol. The Morgan fingerprint density at radius 2 is 2.05 bits per heavy atom. The first-order valence-corrected chi connectivity index (χ1v) is 7.17. The van der Waals surface area contributed by atoms with Gasteiger partial charge in [-0.05, 0) is 49.4 Å². The third kappa shape index (κ3) is 2.97. The van der Waals surface area contributed by atoms with Crippen LogP contribution >= 0.6 is 0 Å². The first-order chi connectivity index (χ1) is 9.72. The van der Waals surface area contributed by atoms with E-state index in [1.54, 1.807) is 12.3 Å². The van der Waals surface area contributed by atoms with Gasteiger partial charge in [0, 0.05) is 24.2 Å². The summed E-state index contributed by atoms with van der Waals surface area (Å²) in [5.74, 6) is -0.221. The van der Waals surface area contributed by atoms with Crippen LogP contribution in [0.15, 0.2) is 30.5 Å². The zero-order valence-corrected chi connectivity index (χ0v) is 11.3. The Bertz CT molecular complexity index is 594. The van der Waals surface area contributed by atoms with Crippen molar-refractivity contribution in [2.75, 3.05) is 0 Å². The van der Waals surface area contributed by atoms with Gasteiger partial charge in [-0.15, -0.1) is 0 Å². The maximum absolute atomic E-state index is 13.6. The second kappa shape index (κ2) is 5.85. The van der Waals surface area contributed by atoms with Crippen molar-refractivity contribution in [1.82, 2.24) is 10.3 Å². The molecule has 20 heavy (non-hydrogen) atoms. The van der Waals surface area contributed by atoms with Crippen molar-refractivity contribution in [3.63, 3.8) is 0 Å². The van der Waals surface area contributed by atoms with Crippen LogP contribution in [0.4, 0.5) is 4.39 Å². The lowest BCUT2D eigenvalue weighted by Crippen LogP contribution is -2.34. The minimum absolute atomic E-state index is 0.148. The van der Waals surface area contributed by atoms with Crippen LogP contribution in [0.5, 0.6) is 0 Å². The molecule has 106 valence electrons. The SMILES string of the molecule is OC1CCC(NCc2cc(F)cc3cccnc23)CC1. The van der Waals surface area contributed by atoms with Gasteiger partial charge in [-0.2, -0.15) is 0 Å². The van der Waals surface area contributed by atoms with Gasteiger partial charge in [-0.1, -0.05) is 6.07 Å². The molecule has 0 aliphatic heterocycles. The summed E-state index contributed by atoms with van der Waals surface area (Å²) in [5.41, 5.74) is 1.75. The van der Waals surface area contributed by atoms with E-state index in [-0.39, 0.29) is 11.9 Å². The fourth-order valence-corrected chi connectivity index (χ4v) is 2.90. The fraction of sp³-hybridized carbons (Fsp3) is 0.438. The van der Waals surface area contributed by atoms with Crippen LogP contribution in [-0.4, -0.2) is 22.2 Å². The van der Waals surface area contributed by atoms with Crippen molar-refractivity contribution >= 4 is 10.9 Å². The number of aliphatic hydroxyl groups excluding tert-OH is 1. The Morgan fingerprint density at radius 1 is 1.25 bits per heavy atom. The first kappa shape index (κ1) is 13.5. The number of nitrogens with one attached hydrogen (secondary N) is 1. The van der Waals surface area contributed by atoms with E-state index in [0.717, 1.165) is 42.1 Å². The van der Waals surface area contributed by atoms with Gasteiger partial charge in [0.05, 0.1) is 11.6 Å². The Labute approximate surface area is 117 Å². The second-order valence-electron chi connectivity index (χ2n) is 5.53. The number of halogens is 1.